The Hall–Kier alpha value is -3.73. The van der Waals surface area contributed by atoms with Gasteiger partial charge in [0.1, 0.15) is 6.54 Å². The first-order valence-electron chi connectivity index (χ1n) is 11.7. The number of ether oxygens (including phenoxy) is 2. The average molecular weight is 532 g/mol. The van der Waals surface area contributed by atoms with Crippen LogP contribution in [0.5, 0.6) is 11.5 Å². The first-order chi connectivity index (χ1) is 17.8. The fourth-order valence-corrected chi connectivity index (χ4v) is 4.77. The van der Waals surface area contributed by atoms with Crippen molar-refractivity contribution in [1.29, 1.82) is 0 Å². The van der Waals surface area contributed by atoms with E-state index in [0.717, 1.165) is 35.4 Å². The number of rotatable bonds is 8. The molecule has 3 aromatic rings. The Morgan fingerprint density at radius 2 is 1.81 bits per heavy atom. The Morgan fingerprint density at radius 3 is 2.54 bits per heavy atom. The van der Waals surface area contributed by atoms with E-state index in [1.807, 2.05) is 29.6 Å². The summed E-state index contributed by atoms with van der Waals surface area (Å²) in [6.07, 6.45) is -3.06. The molecule has 7 nitrogen and oxygen atoms in total. The number of carbonyl (C=O) groups excluding carboxylic acids is 2. The zero-order valence-corrected chi connectivity index (χ0v) is 20.5. The minimum absolute atomic E-state index is 0.0220. The molecule has 37 heavy (non-hydrogen) atoms. The SMILES string of the molecule is O=C(CN(C(=O)Nc1cccc(C(F)(F)F)c1)C1CC1)N(Cc1ccc2c(c1)OCO2)Cc1cccs1. The molecule has 1 saturated carbocycles. The number of halogens is 3. The summed E-state index contributed by atoms with van der Waals surface area (Å²) in [5.41, 5.74) is 0.0134. The fraction of sp³-hybridized carbons (Fsp3) is 0.308. The third-order valence-corrected chi connectivity index (χ3v) is 6.95. The van der Waals surface area contributed by atoms with Crippen LogP contribution in [0.25, 0.3) is 0 Å². The molecule has 1 fully saturated rings. The molecule has 11 heteroatoms. The number of hydrogen-bond donors (Lipinski definition) is 1. The molecule has 0 radical (unpaired) electrons. The Bertz CT molecular complexity index is 1280. The first-order valence-corrected chi connectivity index (χ1v) is 12.6. The van der Waals surface area contributed by atoms with Crippen LogP contribution in [-0.2, 0) is 24.1 Å². The summed E-state index contributed by atoms with van der Waals surface area (Å²) in [6, 6.07) is 13.0. The number of benzene rings is 2. The number of thiophene rings is 1. The molecule has 3 amide bonds. The summed E-state index contributed by atoms with van der Waals surface area (Å²) in [6.45, 7) is 0.610. The number of fused-ring (bicyclic) bond motifs is 1. The first kappa shape index (κ1) is 24.9. The van der Waals surface area contributed by atoms with E-state index in [0.29, 0.717) is 24.6 Å². The molecule has 0 bridgehead atoms. The number of hydrogen-bond acceptors (Lipinski definition) is 5. The van der Waals surface area contributed by atoms with Crippen molar-refractivity contribution in [2.24, 2.45) is 0 Å². The van der Waals surface area contributed by atoms with Gasteiger partial charge in [-0.05, 0) is 60.2 Å². The lowest BCUT2D eigenvalue weighted by atomic mass is 10.2. The van der Waals surface area contributed by atoms with Crippen LogP contribution < -0.4 is 14.8 Å². The molecule has 1 aliphatic heterocycles. The fourth-order valence-electron chi connectivity index (χ4n) is 4.05. The maximum absolute atomic E-state index is 13.5. The van der Waals surface area contributed by atoms with Gasteiger partial charge in [0, 0.05) is 23.2 Å². The van der Waals surface area contributed by atoms with Gasteiger partial charge in [0.05, 0.1) is 12.1 Å². The largest absolute Gasteiger partial charge is 0.454 e. The lowest BCUT2D eigenvalue weighted by molar-refractivity contribution is -0.137. The van der Waals surface area contributed by atoms with E-state index in [9.17, 15) is 22.8 Å². The van der Waals surface area contributed by atoms with Gasteiger partial charge in [-0.2, -0.15) is 13.2 Å². The highest BCUT2D eigenvalue weighted by Gasteiger charge is 2.36. The van der Waals surface area contributed by atoms with E-state index in [1.54, 1.807) is 11.0 Å². The van der Waals surface area contributed by atoms with Gasteiger partial charge in [-0.15, -0.1) is 11.3 Å². The maximum Gasteiger partial charge on any atom is 0.416 e. The monoisotopic (exact) mass is 531 g/mol. The molecule has 0 atom stereocenters. The highest BCUT2D eigenvalue weighted by atomic mass is 32.1. The van der Waals surface area contributed by atoms with Crippen LogP contribution in [0.4, 0.5) is 23.7 Å². The van der Waals surface area contributed by atoms with Crippen LogP contribution in [0.1, 0.15) is 28.8 Å². The summed E-state index contributed by atoms with van der Waals surface area (Å²) in [5, 5.41) is 4.46. The van der Waals surface area contributed by atoms with Crippen molar-refractivity contribution in [1.82, 2.24) is 9.80 Å². The molecule has 0 saturated heterocycles. The number of urea groups is 1. The number of nitrogens with zero attached hydrogens (tertiary/aromatic N) is 2. The highest BCUT2D eigenvalue weighted by Crippen LogP contribution is 2.34. The zero-order chi connectivity index (χ0) is 26.0. The Labute approximate surface area is 215 Å². The Morgan fingerprint density at radius 1 is 1.00 bits per heavy atom. The standard InChI is InChI=1S/C26H24F3N3O4S/c27-26(28,29)18-3-1-4-19(12-18)30-25(34)32(20-7-8-20)15-24(33)31(14-21-5-2-10-37-21)13-17-6-9-22-23(11-17)36-16-35-22/h1-6,9-12,20H,7-8,13-16H2,(H,30,34). The molecule has 1 aliphatic carbocycles. The smallest absolute Gasteiger partial charge is 0.416 e. The van der Waals surface area contributed by atoms with Crippen molar-refractivity contribution < 1.29 is 32.2 Å². The third kappa shape index (κ3) is 6.16. The number of alkyl halides is 3. The normalized spacial score (nSPS) is 14.4. The second kappa shape index (κ2) is 10.3. The maximum atomic E-state index is 13.5. The van der Waals surface area contributed by atoms with Gasteiger partial charge in [0.2, 0.25) is 12.7 Å². The Kier molecular flexibility index (Phi) is 6.96. The van der Waals surface area contributed by atoms with Crippen molar-refractivity contribution in [2.45, 2.75) is 38.1 Å². The van der Waals surface area contributed by atoms with Gasteiger partial charge in [0.25, 0.3) is 0 Å². The van der Waals surface area contributed by atoms with Gasteiger partial charge in [-0.3, -0.25) is 4.79 Å². The molecule has 194 valence electrons. The van der Waals surface area contributed by atoms with Crippen molar-refractivity contribution in [3.8, 4) is 11.5 Å². The molecular weight excluding hydrogens is 507 g/mol. The van der Waals surface area contributed by atoms with Gasteiger partial charge in [0.15, 0.2) is 11.5 Å². The third-order valence-electron chi connectivity index (χ3n) is 6.09. The topological polar surface area (TPSA) is 71.1 Å². The van der Waals surface area contributed by atoms with E-state index in [4.69, 9.17) is 9.47 Å². The molecule has 1 N–H and O–H groups in total. The van der Waals surface area contributed by atoms with Crippen LogP contribution in [0.3, 0.4) is 0 Å². The minimum atomic E-state index is -4.52. The predicted octanol–water partition coefficient (Wildman–Crippen LogP) is 5.72. The summed E-state index contributed by atoms with van der Waals surface area (Å²) in [5.74, 6) is 0.990. The van der Waals surface area contributed by atoms with Crippen molar-refractivity contribution in [3.63, 3.8) is 0 Å². The van der Waals surface area contributed by atoms with Crippen molar-refractivity contribution in [2.75, 3.05) is 18.7 Å². The quantitative estimate of drug-likeness (QED) is 0.404. The summed E-state index contributed by atoms with van der Waals surface area (Å²) in [7, 11) is 0. The second-order valence-electron chi connectivity index (χ2n) is 8.88. The molecule has 2 aromatic carbocycles. The van der Waals surface area contributed by atoms with Crippen molar-refractivity contribution in [3.05, 3.63) is 76.0 Å². The van der Waals surface area contributed by atoms with E-state index in [-0.39, 0.29) is 31.0 Å². The van der Waals surface area contributed by atoms with Crippen LogP contribution in [0.15, 0.2) is 60.0 Å². The average Bonchev–Trinajstić information content (AvgIpc) is 3.36. The molecule has 2 heterocycles. The highest BCUT2D eigenvalue weighted by molar-refractivity contribution is 7.09. The molecule has 2 aliphatic rings. The number of anilines is 1. The number of nitrogens with one attached hydrogen (secondary N) is 1. The molecule has 0 unspecified atom stereocenters. The van der Waals surface area contributed by atoms with Crippen LogP contribution in [-0.4, -0.2) is 41.1 Å². The molecule has 0 spiro atoms. The van der Waals surface area contributed by atoms with E-state index >= 15 is 0 Å². The van der Waals surface area contributed by atoms with Crippen molar-refractivity contribution >= 4 is 29.0 Å². The minimum Gasteiger partial charge on any atom is -0.454 e. The summed E-state index contributed by atoms with van der Waals surface area (Å²) >= 11 is 1.52. The Balaban J connectivity index is 1.31. The number of amides is 3. The van der Waals surface area contributed by atoms with Gasteiger partial charge >= 0.3 is 12.2 Å². The molecule has 1 aromatic heterocycles. The second-order valence-corrected chi connectivity index (χ2v) is 9.92. The summed E-state index contributed by atoms with van der Waals surface area (Å²) in [4.78, 5) is 30.6. The van der Waals surface area contributed by atoms with Crippen LogP contribution >= 0.6 is 11.3 Å². The molecule has 5 rings (SSSR count). The van der Waals surface area contributed by atoms with Gasteiger partial charge < -0.3 is 24.6 Å². The van der Waals surface area contributed by atoms with Crippen LogP contribution in [0.2, 0.25) is 0 Å². The van der Waals surface area contributed by atoms with E-state index in [1.165, 1.54) is 28.4 Å². The van der Waals surface area contributed by atoms with Crippen LogP contribution in [0, 0.1) is 0 Å². The zero-order valence-electron chi connectivity index (χ0n) is 19.7. The van der Waals surface area contributed by atoms with E-state index < -0.39 is 17.8 Å². The molecular formula is C26H24F3N3O4S. The number of carbonyl (C=O) groups is 2. The van der Waals surface area contributed by atoms with Gasteiger partial charge in [-0.25, -0.2) is 4.79 Å². The lowest BCUT2D eigenvalue weighted by Crippen LogP contribution is -2.45. The lowest BCUT2D eigenvalue weighted by Gasteiger charge is -2.28. The van der Waals surface area contributed by atoms with E-state index in [2.05, 4.69) is 5.32 Å². The predicted molar refractivity (Wildman–Crippen MR) is 131 cm³/mol. The van der Waals surface area contributed by atoms with Gasteiger partial charge in [-0.1, -0.05) is 18.2 Å². The summed E-state index contributed by atoms with van der Waals surface area (Å²) < 4.78 is 50.1.